The van der Waals surface area contributed by atoms with E-state index in [9.17, 15) is 0 Å². The van der Waals surface area contributed by atoms with Gasteiger partial charge in [0.25, 0.3) is 0 Å². The Morgan fingerprint density at radius 3 is 2.52 bits per heavy atom. The zero-order valence-corrected chi connectivity index (χ0v) is 14.4. The highest BCUT2D eigenvalue weighted by molar-refractivity contribution is 6.30. The van der Waals surface area contributed by atoms with Crippen LogP contribution in [0.4, 0.5) is 5.69 Å². The highest BCUT2D eigenvalue weighted by atomic mass is 35.5. The number of piperazine rings is 1. The third kappa shape index (κ3) is 5.77. The summed E-state index contributed by atoms with van der Waals surface area (Å²) in [5, 5.41) is 0.762. The highest BCUT2D eigenvalue weighted by Gasteiger charge is 2.18. The number of nitrogens with two attached hydrogens (primary N) is 1. The average molecular weight is 337 g/mol. The molecule has 1 aromatic rings. The van der Waals surface area contributed by atoms with Crippen LogP contribution in [0.3, 0.4) is 0 Å². The van der Waals surface area contributed by atoms with Crippen molar-refractivity contribution in [2.24, 2.45) is 10.7 Å². The number of hydrogen-bond acceptors (Lipinski definition) is 3. The minimum atomic E-state index is 0.568. The molecular formula is C17H25ClN4O. The first-order valence-electron chi connectivity index (χ1n) is 7.84. The van der Waals surface area contributed by atoms with Crippen molar-refractivity contribution in [3.05, 3.63) is 41.4 Å². The number of benzene rings is 1. The van der Waals surface area contributed by atoms with Crippen LogP contribution < -0.4 is 10.6 Å². The molecule has 126 valence electrons. The first kappa shape index (κ1) is 17.6. The molecule has 5 nitrogen and oxygen atoms in total. The third-order valence-corrected chi connectivity index (χ3v) is 3.91. The van der Waals surface area contributed by atoms with Gasteiger partial charge in [0.15, 0.2) is 5.96 Å². The molecule has 0 unspecified atom stereocenters. The quantitative estimate of drug-likeness (QED) is 0.375. The van der Waals surface area contributed by atoms with Gasteiger partial charge in [0.1, 0.15) is 0 Å². The van der Waals surface area contributed by atoms with Crippen molar-refractivity contribution >= 4 is 23.2 Å². The number of aliphatic imine (C=N–C) groups is 1. The molecule has 1 aliphatic rings. The molecule has 0 aromatic heterocycles. The highest BCUT2D eigenvalue weighted by Crippen LogP contribution is 2.19. The number of nitrogens with zero attached hydrogens (tertiary/aromatic N) is 3. The van der Waals surface area contributed by atoms with Crippen molar-refractivity contribution in [3.63, 3.8) is 0 Å². The van der Waals surface area contributed by atoms with E-state index >= 15 is 0 Å². The number of hydrogen-bond donors (Lipinski definition) is 1. The predicted molar refractivity (Wildman–Crippen MR) is 97.4 cm³/mol. The predicted octanol–water partition coefficient (Wildman–Crippen LogP) is 2.37. The van der Waals surface area contributed by atoms with Crippen molar-refractivity contribution in [2.45, 2.75) is 6.92 Å². The van der Waals surface area contributed by atoms with Crippen molar-refractivity contribution in [2.75, 3.05) is 50.8 Å². The fraction of sp³-hybridized carbons (Fsp3) is 0.471. The largest absolute Gasteiger partial charge is 0.375 e. The van der Waals surface area contributed by atoms with Crippen molar-refractivity contribution < 1.29 is 4.74 Å². The molecule has 6 heteroatoms. The maximum atomic E-state index is 6.06. The van der Waals surface area contributed by atoms with E-state index in [4.69, 9.17) is 22.1 Å². The Balaban J connectivity index is 1.74. The van der Waals surface area contributed by atoms with Gasteiger partial charge in [0, 0.05) is 36.9 Å². The van der Waals surface area contributed by atoms with Gasteiger partial charge >= 0.3 is 0 Å². The molecule has 1 aliphatic heterocycles. The summed E-state index contributed by atoms with van der Waals surface area (Å²) in [5.41, 5.74) is 8.27. The normalized spacial score (nSPS) is 15.8. The smallest absolute Gasteiger partial charge is 0.191 e. The van der Waals surface area contributed by atoms with Crippen molar-refractivity contribution in [1.82, 2.24) is 4.90 Å². The van der Waals surface area contributed by atoms with Crippen LogP contribution in [0, 0.1) is 0 Å². The molecule has 2 N–H and O–H groups in total. The van der Waals surface area contributed by atoms with E-state index in [1.54, 1.807) is 0 Å². The Bertz CT molecular complexity index is 536. The molecule has 0 aliphatic carbocycles. The summed E-state index contributed by atoms with van der Waals surface area (Å²) in [7, 11) is 0. The summed E-state index contributed by atoms with van der Waals surface area (Å²) in [6.45, 7) is 11.0. The van der Waals surface area contributed by atoms with Gasteiger partial charge in [-0.15, -0.1) is 0 Å². The van der Waals surface area contributed by atoms with Crippen LogP contribution >= 0.6 is 11.6 Å². The Morgan fingerprint density at radius 2 is 1.91 bits per heavy atom. The van der Waals surface area contributed by atoms with E-state index in [1.807, 2.05) is 31.2 Å². The van der Waals surface area contributed by atoms with E-state index in [1.165, 1.54) is 5.69 Å². The summed E-state index contributed by atoms with van der Waals surface area (Å²) in [5.74, 6) is 0.597. The summed E-state index contributed by atoms with van der Waals surface area (Å²) in [6.07, 6.45) is 0. The maximum Gasteiger partial charge on any atom is 0.191 e. The van der Waals surface area contributed by atoms with Crippen LogP contribution in [0.5, 0.6) is 0 Å². The minimum Gasteiger partial charge on any atom is -0.375 e. The average Bonchev–Trinajstić information content (AvgIpc) is 2.55. The number of halogens is 1. The summed E-state index contributed by atoms with van der Waals surface area (Å²) < 4.78 is 5.42. The van der Waals surface area contributed by atoms with E-state index in [-0.39, 0.29) is 0 Å². The Hall–Kier alpha value is -1.72. The standard InChI is InChI=1S/C17H25ClN4O/c1-14(2)13-23-12-7-20-17(19)22-10-8-21(9-11-22)16-5-3-15(18)4-6-16/h3-6H,1,7-13H2,2H3,(H2,19,20). The van der Waals surface area contributed by atoms with Crippen LogP contribution in [0.25, 0.3) is 0 Å². The van der Waals surface area contributed by atoms with Gasteiger partial charge < -0.3 is 20.3 Å². The Labute approximate surface area is 143 Å². The van der Waals surface area contributed by atoms with Gasteiger partial charge in [-0.2, -0.15) is 0 Å². The van der Waals surface area contributed by atoms with E-state index in [2.05, 4.69) is 21.4 Å². The molecule has 0 bridgehead atoms. The fourth-order valence-electron chi connectivity index (χ4n) is 2.42. The van der Waals surface area contributed by atoms with Gasteiger partial charge in [-0.25, -0.2) is 0 Å². The van der Waals surface area contributed by atoms with Gasteiger partial charge in [0.2, 0.25) is 0 Å². The Kier molecular flexibility index (Phi) is 6.74. The van der Waals surface area contributed by atoms with E-state index in [0.29, 0.717) is 25.7 Å². The molecule has 0 atom stereocenters. The molecule has 1 fully saturated rings. The van der Waals surface area contributed by atoms with Crippen molar-refractivity contribution in [1.29, 1.82) is 0 Å². The molecule has 23 heavy (non-hydrogen) atoms. The molecule has 0 radical (unpaired) electrons. The first-order valence-corrected chi connectivity index (χ1v) is 8.21. The number of guanidine groups is 1. The summed E-state index contributed by atoms with van der Waals surface area (Å²) in [4.78, 5) is 8.83. The molecule has 1 saturated heterocycles. The maximum absolute atomic E-state index is 6.06. The molecule has 1 aromatic carbocycles. The van der Waals surface area contributed by atoms with E-state index < -0.39 is 0 Å². The molecule has 2 rings (SSSR count). The zero-order chi connectivity index (χ0) is 16.7. The van der Waals surface area contributed by atoms with Crippen molar-refractivity contribution in [3.8, 4) is 0 Å². The van der Waals surface area contributed by atoms with Gasteiger partial charge in [0.05, 0.1) is 19.8 Å². The molecule has 0 saturated carbocycles. The second-order valence-electron chi connectivity index (χ2n) is 5.70. The lowest BCUT2D eigenvalue weighted by molar-refractivity contribution is 0.164. The lowest BCUT2D eigenvalue weighted by atomic mass is 10.2. The molecule has 0 spiro atoms. The van der Waals surface area contributed by atoms with Crippen LogP contribution in [-0.2, 0) is 4.74 Å². The fourth-order valence-corrected chi connectivity index (χ4v) is 2.54. The second kappa shape index (κ2) is 8.79. The monoisotopic (exact) mass is 336 g/mol. The number of anilines is 1. The second-order valence-corrected chi connectivity index (χ2v) is 6.14. The zero-order valence-electron chi connectivity index (χ0n) is 13.7. The number of ether oxygens (including phenoxy) is 1. The molecule has 1 heterocycles. The van der Waals surface area contributed by atoms with E-state index in [0.717, 1.165) is 36.8 Å². The van der Waals surface area contributed by atoms with Gasteiger partial charge in [-0.05, 0) is 31.2 Å². The third-order valence-electron chi connectivity index (χ3n) is 3.65. The van der Waals surface area contributed by atoms with Crippen LogP contribution in [0.2, 0.25) is 5.02 Å². The lowest BCUT2D eigenvalue weighted by Crippen LogP contribution is -2.51. The van der Waals surface area contributed by atoms with Gasteiger partial charge in [-0.3, -0.25) is 4.99 Å². The topological polar surface area (TPSA) is 54.1 Å². The van der Waals surface area contributed by atoms with Crippen LogP contribution in [-0.4, -0.2) is 56.8 Å². The minimum absolute atomic E-state index is 0.568. The first-order chi connectivity index (χ1) is 11.1. The SMILES string of the molecule is C=C(C)COCCN=C(N)N1CCN(c2ccc(Cl)cc2)CC1. The summed E-state index contributed by atoms with van der Waals surface area (Å²) in [6, 6.07) is 7.94. The molecule has 0 amide bonds. The summed E-state index contributed by atoms with van der Waals surface area (Å²) >= 11 is 5.93. The Morgan fingerprint density at radius 1 is 1.26 bits per heavy atom. The van der Waals surface area contributed by atoms with Crippen LogP contribution in [0.15, 0.2) is 41.4 Å². The van der Waals surface area contributed by atoms with Crippen LogP contribution in [0.1, 0.15) is 6.92 Å². The lowest BCUT2D eigenvalue weighted by Gasteiger charge is -2.36. The molecular weight excluding hydrogens is 312 g/mol. The number of rotatable bonds is 6. The van der Waals surface area contributed by atoms with Gasteiger partial charge in [-0.1, -0.05) is 23.8 Å².